The van der Waals surface area contributed by atoms with Gasteiger partial charge < -0.3 is 0 Å². The van der Waals surface area contributed by atoms with Crippen LogP contribution in [0.1, 0.15) is 5.56 Å². The molecule has 0 saturated heterocycles. The fourth-order valence-electron chi connectivity index (χ4n) is 0.546. The Hall–Kier alpha value is -0.560. The van der Waals surface area contributed by atoms with Crippen LogP contribution in [-0.2, 0) is 0 Å². The van der Waals surface area contributed by atoms with Gasteiger partial charge in [0.25, 0.3) is 0 Å². The number of benzene rings is 1. The number of terminal acetylenes is 1. The van der Waals surface area contributed by atoms with Gasteiger partial charge in [-0.15, -0.1) is 30.4 Å². The first-order valence-corrected chi connectivity index (χ1v) is 2.55. The Morgan fingerprint density at radius 3 is 2.10 bits per heavy atom. The van der Waals surface area contributed by atoms with Crippen molar-refractivity contribution < 1.29 is 4.39 Å². The maximum absolute atomic E-state index is 12.2. The lowest BCUT2D eigenvalue weighted by molar-refractivity contribution is 0.627. The highest BCUT2D eigenvalue weighted by Gasteiger charge is 1.86. The zero-order valence-corrected chi connectivity index (χ0v) is 7.50. The second-order valence-electron chi connectivity index (χ2n) is 1.65. The molecule has 52 valence electrons. The lowest BCUT2D eigenvalue weighted by Crippen LogP contribution is -1.73. The molecule has 1 aromatic carbocycles. The van der Waals surface area contributed by atoms with Crippen molar-refractivity contribution in [2.45, 2.75) is 0 Å². The van der Waals surface area contributed by atoms with Gasteiger partial charge in [-0.25, -0.2) is 4.39 Å². The van der Waals surface area contributed by atoms with E-state index in [4.69, 9.17) is 6.42 Å². The van der Waals surface area contributed by atoms with Crippen LogP contribution in [0.3, 0.4) is 0 Å². The minimum atomic E-state index is -0.256. The van der Waals surface area contributed by atoms with E-state index < -0.39 is 0 Å². The van der Waals surface area contributed by atoms with Gasteiger partial charge in [0.15, 0.2) is 0 Å². The van der Waals surface area contributed by atoms with Gasteiger partial charge in [-0.3, -0.25) is 0 Å². The molecule has 10 heavy (non-hydrogen) atoms. The van der Waals surface area contributed by atoms with Crippen molar-refractivity contribution in [3.05, 3.63) is 35.6 Å². The smallest absolute Gasteiger partial charge is 0.123 e. The Morgan fingerprint density at radius 1 is 1.20 bits per heavy atom. The molecule has 0 amide bonds. The second kappa shape index (κ2) is 4.29. The van der Waals surface area contributed by atoms with Crippen molar-refractivity contribution in [2.24, 2.45) is 0 Å². The number of hydrogen-bond acceptors (Lipinski definition) is 0. The molecule has 1 aromatic rings. The van der Waals surface area contributed by atoms with Crippen LogP contribution >= 0.6 is 24.0 Å². The summed E-state index contributed by atoms with van der Waals surface area (Å²) in [6.45, 7) is 0. The molecule has 0 aliphatic heterocycles. The highest BCUT2D eigenvalue weighted by molar-refractivity contribution is 14.0. The Kier molecular flexibility index (Phi) is 4.05. The van der Waals surface area contributed by atoms with Crippen LogP contribution in [0.2, 0.25) is 0 Å². The third kappa shape index (κ3) is 2.36. The van der Waals surface area contributed by atoms with Crippen LogP contribution in [0.4, 0.5) is 4.39 Å². The Morgan fingerprint density at radius 2 is 1.70 bits per heavy atom. The Labute approximate surface area is 76.5 Å². The van der Waals surface area contributed by atoms with E-state index in [1.54, 1.807) is 12.1 Å². The van der Waals surface area contributed by atoms with Crippen LogP contribution in [0.15, 0.2) is 24.3 Å². The lowest BCUT2D eigenvalue weighted by atomic mass is 10.2. The number of rotatable bonds is 0. The molecular weight excluding hydrogens is 242 g/mol. The van der Waals surface area contributed by atoms with Crippen molar-refractivity contribution in [1.29, 1.82) is 0 Å². The SMILES string of the molecule is C#Cc1ccc(F)cc1.I. The molecule has 0 bridgehead atoms. The monoisotopic (exact) mass is 248 g/mol. The number of hydrogen-bond donors (Lipinski definition) is 0. The van der Waals surface area contributed by atoms with Crippen LogP contribution in [-0.4, -0.2) is 0 Å². The predicted octanol–water partition coefficient (Wildman–Crippen LogP) is 2.43. The van der Waals surface area contributed by atoms with Gasteiger partial charge >= 0.3 is 0 Å². The van der Waals surface area contributed by atoms with Gasteiger partial charge in [0.2, 0.25) is 0 Å². The van der Waals surface area contributed by atoms with Crippen LogP contribution in [0.5, 0.6) is 0 Å². The quantitative estimate of drug-likeness (QED) is 0.488. The Bertz CT molecular complexity index is 232. The van der Waals surface area contributed by atoms with Gasteiger partial charge in [-0.2, -0.15) is 0 Å². The van der Waals surface area contributed by atoms with E-state index >= 15 is 0 Å². The molecular formula is C8H6FI. The molecule has 0 N–H and O–H groups in total. The average Bonchev–Trinajstić information content (AvgIpc) is 1.90. The molecule has 0 aromatic heterocycles. The van der Waals surface area contributed by atoms with Crippen LogP contribution in [0.25, 0.3) is 0 Å². The summed E-state index contributed by atoms with van der Waals surface area (Å²) in [6.07, 6.45) is 5.03. The maximum atomic E-state index is 12.2. The van der Waals surface area contributed by atoms with Crippen LogP contribution in [0, 0.1) is 18.2 Å². The van der Waals surface area contributed by atoms with E-state index in [9.17, 15) is 4.39 Å². The van der Waals surface area contributed by atoms with Gasteiger partial charge in [0, 0.05) is 5.56 Å². The standard InChI is InChI=1S/C8H5F.HI/c1-2-7-3-5-8(9)6-4-7;/h1,3-6H;1H. The van der Waals surface area contributed by atoms with Crippen molar-refractivity contribution in [3.8, 4) is 12.3 Å². The normalized spacial score (nSPS) is 7.60. The summed E-state index contributed by atoms with van der Waals surface area (Å²) in [5.74, 6) is 2.13. The third-order valence-corrected chi connectivity index (χ3v) is 1.01. The Balaban J connectivity index is 0.000000810. The van der Waals surface area contributed by atoms with Crippen molar-refractivity contribution >= 4 is 24.0 Å². The van der Waals surface area contributed by atoms with E-state index in [1.165, 1.54) is 12.1 Å². The van der Waals surface area contributed by atoms with Crippen molar-refractivity contribution in [3.63, 3.8) is 0 Å². The zero-order valence-electron chi connectivity index (χ0n) is 5.17. The summed E-state index contributed by atoms with van der Waals surface area (Å²) < 4.78 is 12.2. The fraction of sp³-hybridized carbons (Fsp3) is 0. The molecule has 0 saturated carbocycles. The van der Waals surface area contributed by atoms with Crippen molar-refractivity contribution in [2.75, 3.05) is 0 Å². The molecule has 0 fully saturated rings. The summed E-state index contributed by atoms with van der Waals surface area (Å²) in [6, 6.07) is 5.81. The van der Waals surface area contributed by atoms with E-state index in [1.807, 2.05) is 0 Å². The highest BCUT2D eigenvalue weighted by atomic mass is 127. The molecule has 2 heteroatoms. The van der Waals surface area contributed by atoms with Gasteiger partial charge in [-0.1, -0.05) is 5.92 Å². The largest absolute Gasteiger partial charge is 0.207 e. The first-order chi connectivity index (χ1) is 4.33. The lowest BCUT2D eigenvalue weighted by Gasteiger charge is -1.86. The first-order valence-electron chi connectivity index (χ1n) is 2.55. The average molecular weight is 248 g/mol. The second-order valence-corrected chi connectivity index (χ2v) is 1.65. The molecule has 0 aliphatic rings. The molecule has 0 spiro atoms. The molecule has 0 atom stereocenters. The minimum absolute atomic E-state index is 0. The van der Waals surface area contributed by atoms with E-state index in [0.717, 1.165) is 0 Å². The van der Waals surface area contributed by atoms with Gasteiger partial charge in [0.1, 0.15) is 5.82 Å². The van der Waals surface area contributed by atoms with E-state index in [0.29, 0.717) is 5.56 Å². The van der Waals surface area contributed by atoms with Gasteiger partial charge in [0.05, 0.1) is 0 Å². The molecule has 0 radical (unpaired) electrons. The summed E-state index contributed by atoms with van der Waals surface area (Å²) in [7, 11) is 0. The molecule has 0 aliphatic carbocycles. The molecule has 0 nitrogen and oxygen atoms in total. The van der Waals surface area contributed by atoms with Crippen LogP contribution < -0.4 is 0 Å². The molecule has 0 unspecified atom stereocenters. The van der Waals surface area contributed by atoms with Crippen molar-refractivity contribution in [1.82, 2.24) is 0 Å². The number of halogens is 2. The minimum Gasteiger partial charge on any atom is -0.207 e. The highest BCUT2D eigenvalue weighted by Crippen LogP contribution is 1.99. The third-order valence-electron chi connectivity index (χ3n) is 1.01. The van der Waals surface area contributed by atoms with E-state index in [2.05, 4.69) is 5.92 Å². The summed E-state index contributed by atoms with van der Waals surface area (Å²) in [5.41, 5.74) is 0.705. The summed E-state index contributed by atoms with van der Waals surface area (Å²) in [4.78, 5) is 0. The predicted molar refractivity (Wildman–Crippen MR) is 49.8 cm³/mol. The zero-order chi connectivity index (χ0) is 6.69. The molecule has 0 heterocycles. The molecule has 1 rings (SSSR count). The first kappa shape index (κ1) is 9.44. The maximum Gasteiger partial charge on any atom is 0.123 e. The fourth-order valence-corrected chi connectivity index (χ4v) is 0.546. The van der Waals surface area contributed by atoms with Gasteiger partial charge in [-0.05, 0) is 24.3 Å². The van der Waals surface area contributed by atoms with E-state index in [-0.39, 0.29) is 29.8 Å². The topological polar surface area (TPSA) is 0 Å². The summed E-state index contributed by atoms with van der Waals surface area (Å²) >= 11 is 0. The summed E-state index contributed by atoms with van der Waals surface area (Å²) in [5, 5.41) is 0.